The van der Waals surface area contributed by atoms with E-state index in [-0.39, 0.29) is 11.4 Å². The van der Waals surface area contributed by atoms with Gasteiger partial charge in [0.15, 0.2) is 0 Å². The van der Waals surface area contributed by atoms with Gasteiger partial charge in [0.25, 0.3) is 0 Å². The summed E-state index contributed by atoms with van der Waals surface area (Å²) in [5.41, 5.74) is 3.70. The zero-order valence-corrected chi connectivity index (χ0v) is 12.4. The van der Waals surface area contributed by atoms with Gasteiger partial charge in [-0.3, -0.25) is 0 Å². The number of hydrogen-bond donors (Lipinski definition) is 2. The van der Waals surface area contributed by atoms with Crippen LogP contribution >= 0.6 is 0 Å². The molecule has 0 aliphatic rings. The average molecular weight is 313 g/mol. The molecule has 2 aromatic carbocycles. The summed E-state index contributed by atoms with van der Waals surface area (Å²) in [7, 11) is 0. The van der Waals surface area contributed by atoms with Crippen molar-refractivity contribution in [1.29, 1.82) is 10.5 Å². The van der Waals surface area contributed by atoms with Crippen molar-refractivity contribution >= 4 is 11.3 Å². The number of nitrogens with zero attached hydrogens (tertiary/aromatic N) is 5. The van der Waals surface area contributed by atoms with Crippen molar-refractivity contribution in [2.24, 2.45) is 0 Å². The van der Waals surface area contributed by atoms with Gasteiger partial charge in [0.1, 0.15) is 11.6 Å². The number of aromatic nitrogens is 4. The molecule has 0 aliphatic carbocycles. The molecule has 114 valence electrons. The van der Waals surface area contributed by atoms with E-state index in [4.69, 9.17) is 10.5 Å². The Labute approximate surface area is 137 Å². The number of allylic oxidation sites excluding steroid dienone is 1. The molecule has 0 atom stereocenters. The second kappa shape index (κ2) is 6.86. The monoisotopic (exact) mass is 313 g/mol. The molecule has 1 aromatic heterocycles. The second-order valence-electron chi connectivity index (χ2n) is 4.82. The molecule has 0 radical (unpaired) electrons. The maximum absolute atomic E-state index is 9.15. The topological polar surface area (TPSA) is 114 Å². The number of hydrogen-bond acceptors (Lipinski definition) is 6. The Morgan fingerprint density at radius 1 is 1.08 bits per heavy atom. The summed E-state index contributed by atoms with van der Waals surface area (Å²) in [6.45, 7) is 0. The van der Waals surface area contributed by atoms with Crippen molar-refractivity contribution in [2.45, 2.75) is 0 Å². The molecular weight excluding hydrogens is 302 g/mol. The van der Waals surface area contributed by atoms with E-state index >= 15 is 0 Å². The lowest BCUT2D eigenvalue weighted by molar-refractivity contribution is 0.881. The summed E-state index contributed by atoms with van der Waals surface area (Å²) in [5, 5.41) is 34.4. The third-order valence-corrected chi connectivity index (χ3v) is 3.30. The summed E-state index contributed by atoms with van der Waals surface area (Å²) in [6, 6.07) is 19.2. The molecule has 0 unspecified atom stereocenters. The SMILES string of the molecule is N#CC(=CNc1cccc(-c2ccc(C#N)cc2)c1)c1nn[nH]n1. The first kappa shape index (κ1) is 14.9. The zero-order chi connectivity index (χ0) is 16.8. The van der Waals surface area contributed by atoms with E-state index < -0.39 is 0 Å². The highest BCUT2D eigenvalue weighted by molar-refractivity contribution is 5.75. The van der Waals surface area contributed by atoms with E-state index in [2.05, 4.69) is 32.0 Å². The van der Waals surface area contributed by atoms with Crippen LogP contribution in [0.4, 0.5) is 5.69 Å². The fourth-order valence-corrected chi connectivity index (χ4v) is 2.10. The van der Waals surface area contributed by atoms with E-state index in [0.29, 0.717) is 5.56 Å². The van der Waals surface area contributed by atoms with Gasteiger partial charge in [-0.25, -0.2) is 0 Å². The van der Waals surface area contributed by atoms with Gasteiger partial charge in [-0.15, -0.1) is 10.2 Å². The van der Waals surface area contributed by atoms with Crippen LogP contribution < -0.4 is 5.32 Å². The highest BCUT2D eigenvalue weighted by Gasteiger charge is 2.05. The normalized spacial score (nSPS) is 10.7. The van der Waals surface area contributed by atoms with Crippen LogP contribution in [-0.4, -0.2) is 20.6 Å². The molecule has 7 heteroatoms. The molecule has 3 aromatic rings. The fraction of sp³-hybridized carbons (Fsp3) is 0. The number of rotatable bonds is 4. The second-order valence-corrected chi connectivity index (χ2v) is 4.82. The first-order valence-electron chi connectivity index (χ1n) is 7.01. The van der Waals surface area contributed by atoms with Gasteiger partial charge in [-0.05, 0) is 40.6 Å². The molecule has 2 N–H and O–H groups in total. The Bertz CT molecular complexity index is 942. The van der Waals surface area contributed by atoms with Gasteiger partial charge < -0.3 is 5.32 Å². The molecule has 0 saturated heterocycles. The number of nitriles is 2. The number of anilines is 1. The molecule has 0 aliphatic heterocycles. The zero-order valence-electron chi connectivity index (χ0n) is 12.4. The van der Waals surface area contributed by atoms with Crippen molar-refractivity contribution in [3.05, 3.63) is 66.1 Å². The van der Waals surface area contributed by atoms with Crippen molar-refractivity contribution in [1.82, 2.24) is 20.6 Å². The molecule has 24 heavy (non-hydrogen) atoms. The molecule has 0 bridgehead atoms. The smallest absolute Gasteiger partial charge is 0.216 e. The van der Waals surface area contributed by atoms with E-state index in [1.54, 1.807) is 12.1 Å². The van der Waals surface area contributed by atoms with Crippen molar-refractivity contribution < 1.29 is 0 Å². The van der Waals surface area contributed by atoms with Gasteiger partial charge in [0, 0.05) is 11.9 Å². The Morgan fingerprint density at radius 2 is 1.92 bits per heavy atom. The number of benzene rings is 2. The van der Waals surface area contributed by atoms with Crippen molar-refractivity contribution in [3.63, 3.8) is 0 Å². The van der Waals surface area contributed by atoms with Crippen LogP contribution in [0.25, 0.3) is 16.7 Å². The third-order valence-electron chi connectivity index (χ3n) is 3.30. The van der Waals surface area contributed by atoms with Crippen LogP contribution in [-0.2, 0) is 0 Å². The highest BCUT2D eigenvalue weighted by atomic mass is 15.5. The first-order valence-corrected chi connectivity index (χ1v) is 7.01. The highest BCUT2D eigenvalue weighted by Crippen LogP contribution is 2.23. The summed E-state index contributed by atoms with van der Waals surface area (Å²) < 4.78 is 0. The van der Waals surface area contributed by atoms with Crippen LogP contribution in [0.1, 0.15) is 11.4 Å². The van der Waals surface area contributed by atoms with Crippen molar-refractivity contribution in [3.8, 4) is 23.3 Å². The Kier molecular flexibility index (Phi) is 4.27. The number of tetrazole rings is 1. The van der Waals surface area contributed by atoms with E-state index in [0.717, 1.165) is 16.8 Å². The van der Waals surface area contributed by atoms with Crippen LogP contribution in [0.15, 0.2) is 54.7 Å². The van der Waals surface area contributed by atoms with Crippen LogP contribution in [0.2, 0.25) is 0 Å². The van der Waals surface area contributed by atoms with Gasteiger partial charge in [0.2, 0.25) is 5.82 Å². The number of aromatic amines is 1. The average Bonchev–Trinajstić information content (AvgIpc) is 3.17. The molecule has 3 rings (SSSR count). The summed E-state index contributed by atoms with van der Waals surface area (Å²) >= 11 is 0. The van der Waals surface area contributed by atoms with E-state index in [9.17, 15) is 0 Å². The molecule has 0 amide bonds. The number of H-pyrrole nitrogens is 1. The van der Waals surface area contributed by atoms with Crippen LogP contribution in [0.3, 0.4) is 0 Å². The molecule has 0 spiro atoms. The lowest BCUT2D eigenvalue weighted by Gasteiger charge is -2.06. The third kappa shape index (κ3) is 3.26. The predicted molar refractivity (Wildman–Crippen MR) is 88.0 cm³/mol. The lowest BCUT2D eigenvalue weighted by Crippen LogP contribution is -1.93. The maximum atomic E-state index is 9.15. The molecule has 0 saturated carbocycles. The molecule has 7 nitrogen and oxygen atoms in total. The van der Waals surface area contributed by atoms with Gasteiger partial charge in [-0.2, -0.15) is 15.7 Å². The van der Waals surface area contributed by atoms with Crippen LogP contribution in [0.5, 0.6) is 0 Å². The van der Waals surface area contributed by atoms with Crippen LogP contribution in [0, 0.1) is 22.7 Å². The van der Waals surface area contributed by atoms with Gasteiger partial charge in [-0.1, -0.05) is 24.3 Å². The molecule has 0 fully saturated rings. The number of nitrogens with one attached hydrogen (secondary N) is 2. The Hall–Kier alpha value is -3.97. The summed E-state index contributed by atoms with van der Waals surface area (Å²) in [4.78, 5) is 0. The Balaban J connectivity index is 1.83. The minimum absolute atomic E-state index is 0.230. The predicted octanol–water partition coefficient (Wildman–Crippen LogP) is 2.71. The minimum atomic E-state index is 0.230. The fourth-order valence-electron chi connectivity index (χ4n) is 2.10. The molecular formula is C17H11N7. The minimum Gasteiger partial charge on any atom is -0.360 e. The van der Waals surface area contributed by atoms with Gasteiger partial charge >= 0.3 is 0 Å². The molecule has 1 heterocycles. The van der Waals surface area contributed by atoms with Crippen molar-refractivity contribution in [2.75, 3.05) is 5.32 Å². The summed E-state index contributed by atoms with van der Waals surface area (Å²) in [6.07, 6.45) is 1.53. The summed E-state index contributed by atoms with van der Waals surface area (Å²) in [5.74, 6) is 0.230. The Morgan fingerprint density at radius 3 is 2.58 bits per heavy atom. The van der Waals surface area contributed by atoms with Gasteiger partial charge in [0.05, 0.1) is 11.6 Å². The largest absolute Gasteiger partial charge is 0.360 e. The van der Waals surface area contributed by atoms with E-state index in [1.165, 1.54) is 6.20 Å². The van der Waals surface area contributed by atoms with E-state index in [1.807, 2.05) is 42.5 Å². The lowest BCUT2D eigenvalue weighted by atomic mass is 10.0. The first-order chi connectivity index (χ1) is 11.8. The quantitative estimate of drug-likeness (QED) is 0.716. The maximum Gasteiger partial charge on any atom is 0.216 e. The standard InChI is InChI=1S/C17H11N7/c18-9-12-4-6-13(7-5-12)14-2-1-3-16(8-14)20-11-15(10-19)17-21-23-24-22-17/h1-8,11,20H,(H,21,22,23,24).